The standard InChI is InChI=1S/C23H25N5O3S/c1-13-14(2)32-23-20(13)21(17-9-7-16(8-10-17)6-4-5-11-24-31)25-18(12-19(29)30)22-27-26-15(3)28(22)23/h5,7-11,18,24,31H,4,6,12H2,1-3H3,(H,29,30)/b11-5-/t18-/m0/s1. The van der Waals surface area contributed by atoms with E-state index in [1.165, 1.54) is 16.6 Å². The summed E-state index contributed by atoms with van der Waals surface area (Å²) in [7, 11) is 0. The van der Waals surface area contributed by atoms with Gasteiger partial charge in [0.2, 0.25) is 0 Å². The molecule has 9 heteroatoms. The number of hydrogen-bond donors (Lipinski definition) is 3. The van der Waals surface area contributed by atoms with Crippen LogP contribution in [0.15, 0.2) is 41.5 Å². The van der Waals surface area contributed by atoms with Gasteiger partial charge in [-0.3, -0.25) is 25.0 Å². The minimum atomic E-state index is -0.927. The average Bonchev–Trinajstić information content (AvgIpc) is 3.24. The van der Waals surface area contributed by atoms with Crippen LogP contribution in [-0.4, -0.2) is 36.8 Å². The van der Waals surface area contributed by atoms with Crippen LogP contribution in [0.4, 0.5) is 0 Å². The largest absolute Gasteiger partial charge is 0.481 e. The van der Waals surface area contributed by atoms with E-state index in [0.717, 1.165) is 46.1 Å². The molecule has 0 saturated heterocycles. The fraction of sp³-hybridized carbons (Fsp3) is 0.304. The zero-order chi connectivity index (χ0) is 22.8. The van der Waals surface area contributed by atoms with E-state index in [1.807, 2.05) is 35.2 Å². The van der Waals surface area contributed by atoms with Crippen LogP contribution in [0, 0.1) is 20.8 Å². The Balaban J connectivity index is 1.81. The number of rotatable bonds is 7. The molecule has 8 nitrogen and oxygen atoms in total. The lowest BCUT2D eigenvalue weighted by atomic mass is 9.98. The quantitative estimate of drug-likeness (QED) is 0.467. The number of fused-ring (bicyclic) bond motifs is 3. The summed E-state index contributed by atoms with van der Waals surface area (Å²) in [5.41, 5.74) is 7.04. The number of aryl methyl sites for hydroxylation is 3. The molecule has 0 spiro atoms. The Kier molecular flexibility index (Phi) is 6.20. The molecule has 3 N–H and O–H groups in total. The zero-order valence-corrected chi connectivity index (χ0v) is 19.0. The van der Waals surface area contributed by atoms with E-state index in [-0.39, 0.29) is 6.42 Å². The molecule has 2 aromatic heterocycles. The summed E-state index contributed by atoms with van der Waals surface area (Å²) in [5.74, 6) is 0.350. The Hall–Kier alpha value is -3.30. The Morgan fingerprint density at radius 3 is 2.66 bits per heavy atom. The lowest BCUT2D eigenvalue weighted by Crippen LogP contribution is -2.10. The smallest absolute Gasteiger partial charge is 0.306 e. The van der Waals surface area contributed by atoms with Crippen LogP contribution in [0.5, 0.6) is 0 Å². The highest BCUT2D eigenvalue weighted by Gasteiger charge is 2.32. The number of carboxylic acids is 1. The second-order valence-corrected chi connectivity index (χ2v) is 8.97. The van der Waals surface area contributed by atoms with Gasteiger partial charge in [0.05, 0.1) is 12.1 Å². The predicted octanol–water partition coefficient (Wildman–Crippen LogP) is 4.05. The van der Waals surface area contributed by atoms with Crippen LogP contribution in [0.3, 0.4) is 0 Å². The van der Waals surface area contributed by atoms with E-state index < -0.39 is 12.0 Å². The third-order valence-electron chi connectivity index (χ3n) is 5.63. The molecule has 0 aliphatic carbocycles. The SMILES string of the molecule is Cc1sc2c(c1C)C(c1ccc(CC/C=C\NO)cc1)=N[C@@H](CC(=O)O)c1nnc(C)n1-2. The van der Waals surface area contributed by atoms with Gasteiger partial charge in [0.1, 0.15) is 16.9 Å². The van der Waals surface area contributed by atoms with Crippen molar-refractivity contribution in [2.24, 2.45) is 4.99 Å². The number of hydrogen-bond acceptors (Lipinski definition) is 7. The predicted molar refractivity (Wildman–Crippen MR) is 123 cm³/mol. The summed E-state index contributed by atoms with van der Waals surface area (Å²) in [6.07, 6.45) is 4.85. The lowest BCUT2D eigenvalue weighted by Gasteiger charge is -2.11. The molecule has 32 heavy (non-hydrogen) atoms. The van der Waals surface area contributed by atoms with Crippen LogP contribution < -0.4 is 5.48 Å². The number of aliphatic carboxylic acids is 1. The van der Waals surface area contributed by atoms with Gasteiger partial charge in [0.15, 0.2) is 5.82 Å². The van der Waals surface area contributed by atoms with Crippen molar-refractivity contribution in [3.8, 4) is 5.00 Å². The fourth-order valence-electron chi connectivity index (χ4n) is 3.91. The molecule has 0 unspecified atom stereocenters. The number of benzene rings is 1. The summed E-state index contributed by atoms with van der Waals surface area (Å²) in [6.45, 7) is 6.04. The van der Waals surface area contributed by atoms with Gasteiger partial charge in [0, 0.05) is 22.2 Å². The minimum absolute atomic E-state index is 0.155. The summed E-state index contributed by atoms with van der Waals surface area (Å²) < 4.78 is 1.96. The van der Waals surface area contributed by atoms with Crippen molar-refractivity contribution >= 4 is 23.0 Å². The molecule has 0 amide bonds. The molecule has 4 rings (SSSR count). The van der Waals surface area contributed by atoms with E-state index in [1.54, 1.807) is 11.3 Å². The molecule has 0 saturated carbocycles. The van der Waals surface area contributed by atoms with Gasteiger partial charge in [-0.15, -0.1) is 21.5 Å². The van der Waals surface area contributed by atoms with Crippen LogP contribution in [0.1, 0.15) is 57.7 Å². The highest BCUT2D eigenvalue weighted by molar-refractivity contribution is 7.15. The van der Waals surface area contributed by atoms with Gasteiger partial charge in [-0.2, -0.15) is 0 Å². The van der Waals surface area contributed by atoms with E-state index in [4.69, 9.17) is 10.2 Å². The van der Waals surface area contributed by atoms with Crippen molar-refractivity contribution in [3.63, 3.8) is 0 Å². The van der Waals surface area contributed by atoms with Gasteiger partial charge < -0.3 is 5.11 Å². The third-order valence-corrected chi connectivity index (χ3v) is 6.82. The first-order valence-electron chi connectivity index (χ1n) is 10.4. The number of thiophene rings is 1. The number of aromatic nitrogens is 3. The number of aliphatic imine (C=N–C) groups is 1. The van der Waals surface area contributed by atoms with Gasteiger partial charge >= 0.3 is 5.97 Å². The molecule has 1 aromatic carbocycles. The monoisotopic (exact) mass is 451 g/mol. The first kappa shape index (κ1) is 21.9. The molecule has 0 radical (unpaired) electrons. The van der Waals surface area contributed by atoms with Crippen molar-refractivity contribution in [1.82, 2.24) is 20.2 Å². The molecule has 0 fully saturated rings. The van der Waals surface area contributed by atoms with E-state index in [0.29, 0.717) is 5.82 Å². The zero-order valence-electron chi connectivity index (χ0n) is 18.2. The summed E-state index contributed by atoms with van der Waals surface area (Å²) in [5, 5.41) is 27.6. The van der Waals surface area contributed by atoms with Crippen molar-refractivity contribution in [3.05, 3.63) is 75.3 Å². The maximum absolute atomic E-state index is 11.6. The average molecular weight is 452 g/mol. The van der Waals surface area contributed by atoms with Gasteiger partial charge in [-0.05, 0) is 44.7 Å². The number of allylic oxidation sites excluding steroid dienone is 1. The lowest BCUT2D eigenvalue weighted by molar-refractivity contribution is -0.137. The Bertz CT molecular complexity index is 1210. The van der Waals surface area contributed by atoms with Crippen LogP contribution in [0.25, 0.3) is 5.00 Å². The number of nitrogens with one attached hydrogen (secondary N) is 1. The van der Waals surface area contributed by atoms with E-state index in [2.05, 4.69) is 36.2 Å². The van der Waals surface area contributed by atoms with Crippen molar-refractivity contribution in [1.29, 1.82) is 0 Å². The molecular weight excluding hydrogens is 426 g/mol. The Morgan fingerprint density at radius 2 is 1.97 bits per heavy atom. The maximum Gasteiger partial charge on any atom is 0.306 e. The van der Waals surface area contributed by atoms with Crippen molar-refractivity contribution in [2.75, 3.05) is 0 Å². The summed E-state index contributed by atoms with van der Waals surface area (Å²) in [4.78, 5) is 17.7. The van der Waals surface area contributed by atoms with Crippen LogP contribution >= 0.6 is 11.3 Å². The van der Waals surface area contributed by atoms with E-state index in [9.17, 15) is 9.90 Å². The second kappa shape index (κ2) is 9.05. The number of carboxylic acid groups (broad SMARTS) is 1. The van der Waals surface area contributed by atoms with Gasteiger partial charge in [-0.1, -0.05) is 30.3 Å². The Morgan fingerprint density at radius 1 is 1.22 bits per heavy atom. The Labute approximate surface area is 189 Å². The first-order chi connectivity index (χ1) is 15.4. The normalized spacial score (nSPS) is 15.2. The molecule has 1 aliphatic rings. The molecular formula is C23H25N5O3S. The number of nitrogens with zero attached hydrogens (tertiary/aromatic N) is 4. The molecule has 166 valence electrons. The molecule has 0 bridgehead atoms. The first-order valence-corrected chi connectivity index (χ1v) is 11.2. The highest BCUT2D eigenvalue weighted by atomic mass is 32.1. The van der Waals surface area contributed by atoms with Gasteiger partial charge in [0.25, 0.3) is 0 Å². The fourth-order valence-corrected chi connectivity index (χ4v) is 5.12. The van der Waals surface area contributed by atoms with Crippen LogP contribution in [0.2, 0.25) is 0 Å². The number of carbonyl (C=O) groups is 1. The van der Waals surface area contributed by atoms with Crippen molar-refractivity contribution < 1.29 is 15.1 Å². The molecule has 1 atom stereocenters. The highest BCUT2D eigenvalue weighted by Crippen LogP contribution is 2.39. The topological polar surface area (TPSA) is 113 Å². The molecule has 1 aliphatic heterocycles. The van der Waals surface area contributed by atoms with Crippen LogP contribution in [-0.2, 0) is 11.2 Å². The van der Waals surface area contributed by atoms with Crippen molar-refractivity contribution in [2.45, 2.75) is 46.1 Å². The summed E-state index contributed by atoms with van der Waals surface area (Å²) >= 11 is 1.65. The molecule has 3 aromatic rings. The second-order valence-electron chi connectivity index (χ2n) is 7.76. The van der Waals surface area contributed by atoms with E-state index >= 15 is 0 Å². The third kappa shape index (κ3) is 4.09. The number of hydroxylamine groups is 1. The maximum atomic E-state index is 11.6. The molecule has 3 heterocycles. The van der Waals surface area contributed by atoms with Gasteiger partial charge in [-0.25, -0.2) is 0 Å². The minimum Gasteiger partial charge on any atom is -0.481 e. The summed E-state index contributed by atoms with van der Waals surface area (Å²) in [6, 6.07) is 7.58.